The summed E-state index contributed by atoms with van der Waals surface area (Å²) in [4.78, 5) is 34.0. The lowest BCUT2D eigenvalue weighted by Gasteiger charge is -2.16. The third-order valence-corrected chi connectivity index (χ3v) is 3.18. The summed E-state index contributed by atoms with van der Waals surface area (Å²) >= 11 is 0. The van der Waals surface area contributed by atoms with Crippen molar-refractivity contribution in [3.05, 3.63) is 33.9 Å². The number of nitro groups is 1. The second-order valence-corrected chi connectivity index (χ2v) is 4.85. The van der Waals surface area contributed by atoms with Gasteiger partial charge in [-0.2, -0.15) is 0 Å². The van der Waals surface area contributed by atoms with Crippen LogP contribution < -0.4 is 10.1 Å². The molecule has 0 aliphatic rings. The molecule has 0 radical (unpaired) electrons. The molecular weight excluding hydrogens is 304 g/mol. The minimum absolute atomic E-state index is 0.0545. The van der Waals surface area contributed by atoms with E-state index in [2.05, 4.69) is 5.32 Å². The van der Waals surface area contributed by atoms with Gasteiger partial charge in [-0.05, 0) is 19.4 Å². The molecule has 0 bridgehead atoms. The Hall–Kier alpha value is -2.64. The third-order valence-electron chi connectivity index (χ3n) is 3.18. The van der Waals surface area contributed by atoms with Gasteiger partial charge in [0.25, 0.3) is 11.6 Å². The summed E-state index contributed by atoms with van der Waals surface area (Å²) in [7, 11) is 0. The number of carbonyl (C=O) groups is 2. The zero-order chi connectivity index (χ0) is 17.4. The molecule has 2 N–H and O–H groups in total. The largest absolute Gasteiger partial charge is 0.493 e. The van der Waals surface area contributed by atoms with Gasteiger partial charge in [0.05, 0.1) is 11.5 Å². The summed E-state index contributed by atoms with van der Waals surface area (Å²) in [6, 6.07) is 2.93. The molecule has 8 heteroatoms. The summed E-state index contributed by atoms with van der Waals surface area (Å²) in [6.45, 7) is 3.80. The first-order chi connectivity index (χ1) is 10.9. The number of nitrogens with one attached hydrogen (secondary N) is 1. The Balaban J connectivity index is 3.14. The molecule has 0 aromatic heterocycles. The molecule has 0 fully saturated rings. The molecule has 1 atom stereocenters. The van der Waals surface area contributed by atoms with E-state index in [0.29, 0.717) is 6.42 Å². The predicted octanol–water partition coefficient (Wildman–Crippen LogP) is 2.37. The minimum Gasteiger partial charge on any atom is -0.493 e. The first-order valence-electron chi connectivity index (χ1n) is 7.36. The molecule has 0 heterocycles. The number of hydrogen-bond acceptors (Lipinski definition) is 5. The number of aliphatic carboxylic acids is 1. The quantitative estimate of drug-likeness (QED) is 0.531. The lowest BCUT2D eigenvalue weighted by atomic mass is 10.1. The fourth-order valence-electron chi connectivity index (χ4n) is 2.07. The van der Waals surface area contributed by atoms with Crippen molar-refractivity contribution in [3.63, 3.8) is 0 Å². The van der Waals surface area contributed by atoms with Crippen LogP contribution in [0.5, 0.6) is 5.75 Å². The Labute approximate surface area is 133 Å². The molecule has 1 aromatic carbocycles. The van der Waals surface area contributed by atoms with Gasteiger partial charge in [0, 0.05) is 6.07 Å². The fraction of sp³-hybridized carbons (Fsp3) is 0.467. The summed E-state index contributed by atoms with van der Waals surface area (Å²) in [6.07, 6.45) is 1.64. The van der Waals surface area contributed by atoms with Crippen LogP contribution in [-0.2, 0) is 4.79 Å². The monoisotopic (exact) mass is 324 g/mol. The van der Waals surface area contributed by atoms with Gasteiger partial charge >= 0.3 is 5.97 Å². The highest BCUT2D eigenvalue weighted by molar-refractivity contribution is 6.02. The first-order valence-corrected chi connectivity index (χ1v) is 7.36. The van der Waals surface area contributed by atoms with Gasteiger partial charge in [-0.3, -0.25) is 14.9 Å². The van der Waals surface area contributed by atoms with Crippen molar-refractivity contribution in [2.75, 3.05) is 6.61 Å². The lowest BCUT2D eigenvalue weighted by molar-refractivity contribution is -0.385. The highest BCUT2D eigenvalue weighted by Crippen LogP contribution is 2.28. The zero-order valence-electron chi connectivity index (χ0n) is 13.1. The Morgan fingerprint density at radius 3 is 2.61 bits per heavy atom. The number of carbonyl (C=O) groups excluding carboxylic acids is 1. The Kier molecular flexibility index (Phi) is 6.98. The van der Waals surface area contributed by atoms with E-state index >= 15 is 0 Å². The summed E-state index contributed by atoms with van der Waals surface area (Å²) in [5.41, 5.74) is -0.685. The first kappa shape index (κ1) is 18.4. The number of unbranched alkanes of at least 4 members (excludes halogenated alkanes) is 1. The Morgan fingerprint density at radius 2 is 2.09 bits per heavy atom. The number of benzene rings is 1. The molecule has 1 aromatic rings. The van der Waals surface area contributed by atoms with Crippen LogP contribution in [0.1, 0.15) is 43.5 Å². The molecule has 1 unspecified atom stereocenters. The van der Waals surface area contributed by atoms with Crippen LogP contribution in [0.3, 0.4) is 0 Å². The van der Waals surface area contributed by atoms with Gasteiger partial charge in [-0.1, -0.05) is 25.8 Å². The van der Waals surface area contributed by atoms with Gasteiger partial charge in [0.15, 0.2) is 5.56 Å². The molecule has 126 valence electrons. The standard InChI is InChI=1S/C15H20N2O6/c1-3-5-7-10(15(19)20)16-14(18)13-11(17(21)22)8-6-9-12(13)23-4-2/h6,8-10H,3-5,7H2,1-2H3,(H,16,18)(H,19,20). The van der Waals surface area contributed by atoms with Crippen LogP contribution in [-0.4, -0.2) is 34.6 Å². The summed E-state index contributed by atoms with van der Waals surface area (Å²) in [5, 5.41) is 22.6. The second-order valence-electron chi connectivity index (χ2n) is 4.85. The Bertz CT molecular complexity index is 587. The zero-order valence-corrected chi connectivity index (χ0v) is 13.1. The predicted molar refractivity (Wildman–Crippen MR) is 82.7 cm³/mol. The van der Waals surface area contributed by atoms with Crippen LogP contribution in [0, 0.1) is 10.1 Å². The van der Waals surface area contributed by atoms with Crippen LogP contribution in [0.25, 0.3) is 0 Å². The summed E-state index contributed by atoms with van der Waals surface area (Å²) < 4.78 is 5.26. The topological polar surface area (TPSA) is 119 Å². The number of amides is 1. The number of hydrogen-bond donors (Lipinski definition) is 2. The number of ether oxygens (including phenoxy) is 1. The van der Waals surface area contributed by atoms with E-state index in [1.165, 1.54) is 18.2 Å². The van der Waals surface area contributed by atoms with E-state index in [9.17, 15) is 19.7 Å². The van der Waals surface area contributed by atoms with Gasteiger partial charge in [0.1, 0.15) is 11.8 Å². The summed E-state index contributed by atoms with van der Waals surface area (Å²) in [5.74, 6) is -1.95. The highest BCUT2D eigenvalue weighted by Gasteiger charge is 2.28. The molecular formula is C15H20N2O6. The molecule has 0 saturated carbocycles. The smallest absolute Gasteiger partial charge is 0.326 e. The minimum atomic E-state index is -1.18. The van der Waals surface area contributed by atoms with Crippen molar-refractivity contribution < 1.29 is 24.4 Å². The average Bonchev–Trinajstić information content (AvgIpc) is 2.50. The number of carboxylic acid groups (broad SMARTS) is 1. The molecule has 23 heavy (non-hydrogen) atoms. The van der Waals surface area contributed by atoms with E-state index in [0.717, 1.165) is 6.42 Å². The van der Waals surface area contributed by atoms with Gasteiger partial charge in [-0.15, -0.1) is 0 Å². The number of nitro benzene ring substituents is 1. The Morgan fingerprint density at radius 1 is 1.39 bits per heavy atom. The maximum Gasteiger partial charge on any atom is 0.326 e. The van der Waals surface area contributed by atoms with E-state index in [1.54, 1.807) is 6.92 Å². The van der Waals surface area contributed by atoms with Crippen molar-refractivity contribution in [3.8, 4) is 5.75 Å². The van der Waals surface area contributed by atoms with E-state index in [-0.39, 0.29) is 24.3 Å². The van der Waals surface area contributed by atoms with Crippen molar-refractivity contribution in [2.24, 2.45) is 0 Å². The third kappa shape index (κ3) is 4.94. The SMILES string of the molecule is CCCCC(NC(=O)c1c(OCC)cccc1[N+](=O)[O-])C(=O)O. The highest BCUT2D eigenvalue weighted by atomic mass is 16.6. The molecule has 1 amide bonds. The second kappa shape index (κ2) is 8.72. The van der Waals surface area contributed by atoms with Crippen LogP contribution in [0.2, 0.25) is 0 Å². The molecule has 8 nitrogen and oxygen atoms in total. The van der Waals surface area contributed by atoms with Crippen molar-refractivity contribution in [1.82, 2.24) is 5.32 Å². The van der Waals surface area contributed by atoms with Crippen molar-refractivity contribution >= 4 is 17.6 Å². The number of rotatable bonds is 9. The van der Waals surface area contributed by atoms with E-state index in [1.807, 2.05) is 6.92 Å². The van der Waals surface area contributed by atoms with E-state index in [4.69, 9.17) is 9.84 Å². The fourth-order valence-corrected chi connectivity index (χ4v) is 2.07. The molecule has 0 aliphatic heterocycles. The van der Waals surface area contributed by atoms with Crippen molar-refractivity contribution in [1.29, 1.82) is 0 Å². The molecule has 0 spiro atoms. The molecule has 0 saturated heterocycles. The molecule has 1 rings (SSSR count). The number of carboxylic acids is 1. The van der Waals surface area contributed by atoms with Crippen LogP contribution in [0.4, 0.5) is 5.69 Å². The van der Waals surface area contributed by atoms with Gasteiger partial charge in [0.2, 0.25) is 0 Å². The van der Waals surface area contributed by atoms with Crippen LogP contribution >= 0.6 is 0 Å². The normalized spacial score (nSPS) is 11.6. The van der Waals surface area contributed by atoms with Gasteiger partial charge in [-0.25, -0.2) is 4.79 Å². The van der Waals surface area contributed by atoms with Crippen molar-refractivity contribution in [2.45, 2.75) is 39.2 Å². The maximum atomic E-state index is 12.4. The number of nitrogens with zero attached hydrogens (tertiary/aromatic N) is 1. The van der Waals surface area contributed by atoms with E-state index < -0.39 is 28.5 Å². The lowest BCUT2D eigenvalue weighted by Crippen LogP contribution is -2.41. The van der Waals surface area contributed by atoms with Crippen LogP contribution in [0.15, 0.2) is 18.2 Å². The maximum absolute atomic E-state index is 12.4. The average molecular weight is 324 g/mol. The molecule has 0 aliphatic carbocycles. The van der Waals surface area contributed by atoms with Gasteiger partial charge < -0.3 is 15.2 Å².